The zero-order valence-corrected chi connectivity index (χ0v) is 14.0. The molecule has 1 saturated carbocycles. The molecule has 0 aromatic heterocycles. The minimum absolute atomic E-state index is 0.0692. The first kappa shape index (κ1) is 16.7. The van der Waals surface area contributed by atoms with Crippen molar-refractivity contribution < 1.29 is 14.3 Å². The smallest absolute Gasteiger partial charge is 0.251 e. The van der Waals surface area contributed by atoms with Crippen molar-refractivity contribution in [3.63, 3.8) is 0 Å². The lowest BCUT2D eigenvalue weighted by Gasteiger charge is -2.23. The normalized spacial score (nSPS) is 20.3. The topological polar surface area (TPSA) is 58.6 Å². The quantitative estimate of drug-likeness (QED) is 0.814. The molecule has 1 N–H and O–H groups in total. The van der Waals surface area contributed by atoms with Gasteiger partial charge in [0.25, 0.3) is 5.91 Å². The van der Waals surface area contributed by atoms with Gasteiger partial charge in [0.15, 0.2) is 0 Å². The lowest BCUT2D eigenvalue weighted by Crippen LogP contribution is -2.36. The number of rotatable bonds is 6. The first-order chi connectivity index (χ1) is 11.7. The molecule has 5 nitrogen and oxygen atoms in total. The van der Waals surface area contributed by atoms with Crippen LogP contribution in [0.5, 0.6) is 0 Å². The summed E-state index contributed by atoms with van der Waals surface area (Å²) in [4.78, 5) is 26.1. The molecule has 2 amide bonds. The fourth-order valence-corrected chi connectivity index (χ4v) is 2.96. The zero-order chi connectivity index (χ0) is 16.9. The third-order valence-electron chi connectivity index (χ3n) is 4.57. The Hall–Kier alpha value is -2.14. The highest BCUT2D eigenvalue weighted by Gasteiger charge is 2.33. The van der Waals surface area contributed by atoms with E-state index in [9.17, 15) is 9.59 Å². The molecule has 0 unspecified atom stereocenters. The van der Waals surface area contributed by atoms with Crippen molar-refractivity contribution in [2.24, 2.45) is 5.92 Å². The van der Waals surface area contributed by atoms with Gasteiger partial charge in [0.2, 0.25) is 5.91 Å². The highest BCUT2D eigenvalue weighted by molar-refractivity contribution is 5.95. The maximum Gasteiger partial charge on any atom is 0.251 e. The number of nitrogens with zero attached hydrogens (tertiary/aromatic N) is 1. The molecule has 5 heteroatoms. The fourth-order valence-electron chi connectivity index (χ4n) is 2.96. The summed E-state index contributed by atoms with van der Waals surface area (Å²) in [7, 11) is 1.61. The number of benzene rings is 1. The van der Waals surface area contributed by atoms with E-state index in [4.69, 9.17) is 4.74 Å². The van der Waals surface area contributed by atoms with Gasteiger partial charge in [0, 0.05) is 43.8 Å². The van der Waals surface area contributed by atoms with E-state index in [1.807, 2.05) is 23.1 Å². The molecule has 128 valence electrons. The Labute approximate surface area is 142 Å². The van der Waals surface area contributed by atoms with Gasteiger partial charge in [-0.15, -0.1) is 0 Å². The van der Waals surface area contributed by atoms with E-state index in [0.29, 0.717) is 17.5 Å². The van der Waals surface area contributed by atoms with Gasteiger partial charge in [-0.25, -0.2) is 0 Å². The van der Waals surface area contributed by atoms with Crippen LogP contribution in [-0.4, -0.2) is 49.6 Å². The number of amides is 2. The Kier molecular flexibility index (Phi) is 5.30. The Bertz CT molecular complexity index is 614. The number of nitrogens with one attached hydrogen (secondary N) is 1. The summed E-state index contributed by atoms with van der Waals surface area (Å²) in [5.41, 5.74) is 1.53. The van der Waals surface area contributed by atoms with Crippen LogP contribution in [0, 0.1) is 5.92 Å². The van der Waals surface area contributed by atoms with Gasteiger partial charge in [-0.05, 0) is 43.0 Å². The summed E-state index contributed by atoms with van der Waals surface area (Å²) < 4.78 is 5.42. The molecule has 1 aliphatic heterocycles. The van der Waals surface area contributed by atoms with Crippen LogP contribution in [0.25, 0.3) is 6.08 Å². The molecule has 1 heterocycles. The molecule has 24 heavy (non-hydrogen) atoms. The van der Waals surface area contributed by atoms with Crippen LogP contribution >= 0.6 is 0 Å². The number of carbonyl (C=O) groups excluding carboxylic acids is 2. The van der Waals surface area contributed by atoms with Crippen molar-refractivity contribution in [2.45, 2.75) is 25.3 Å². The average molecular weight is 328 g/mol. The van der Waals surface area contributed by atoms with Crippen molar-refractivity contribution in [1.82, 2.24) is 10.2 Å². The summed E-state index contributed by atoms with van der Waals surface area (Å²) in [6, 6.07) is 7.62. The molecular weight excluding hydrogens is 304 g/mol. The standard InChI is InChI=1S/C19H24N2O3/c1-20-19(23)16-5-2-14(3-6-16)4-9-18(22)21(17-7-8-17)12-15-10-11-24-13-15/h2-6,9,15,17H,7-8,10-13H2,1H3,(H,20,23)/b9-4+/t15-/m1/s1. The predicted molar refractivity (Wildman–Crippen MR) is 92.5 cm³/mol. The molecule has 1 atom stereocenters. The lowest BCUT2D eigenvalue weighted by molar-refractivity contribution is -0.127. The van der Waals surface area contributed by atoms with Crippen LogP contribution in [0.15, 0.2) is 30.3 Å². The number of ether oxygens (including phenoxy) is 1. The monoisotopic (exact) mass is 328 g/mol. The van der Waals surface area contributed by atoms with E-state index in [1.54, 1.807) is 25.3 Å². The van der Waals surface area contributed by atoms with E-state index in [1.165, 1.54) is 0 Å². The molecule has 1 saturated heterocycles. The summed E-state index contributed by atoms with van der Waals surface area (Å²) in [5, 5.41) is 2.59. The SMILES string of the molecule is CNC(=O)c1ccc(/C=C/C(=O)N(C[C@H]2CCOC2)C2CC2)cc1. The molecule has 0 spiro atoms. The fraction of sp³-hybridized carbons (Fsp3) is 0.474. The molecule has 2 fully saturated rings. The highest BCUT2D eigenvalue weighted by Crippen LogP contribution is 2.29. The molecule has 3 rings (SSSR count). The van der Waals surface area contributed by atoms with Crippen molar-refractivity contribution in [1.29, 1.82) is 0 Å². The number of carbonyl (C=O) groups is 2. The van der Waals surface area contributed by atoms with E-state index >= 15 is 0 Å². The van der Waals surface area contributed by atoms with Gasteiger partial charge < -0.3 is 15.0 Å². The van der Waals surface area contributed by atoms with Gasteiger partial charge in [-0.2, -0.15) is 0 Å². The molecule has 0 radical (unpaired) electrons. The number of hydrogen-bond donors (Lipinski definition) is 1. The molecule has 0 bridgehead atoms. The third kappa shape index (κ3) is 4.23. The summed E-state index contributed by atoms with van der Waals surface area (Å²) in [6.45, 7) is 2.37. The van der Waals surface area contributed by atoms with Gasteiger partial charge in [0.1, 0.15) is 0 Å². The first-order valence-corrected chi connectivity index (χ1v) is 8.56. The second-order valence-electron chi connectivity index (χ2n) is 6.49. The first-order valence-electron chi connectivity index (χ1n) is 8.56. The molecule has 1 aromatic rings. The van der Waals surface area contributed by atoms with Crippen molar-refractivity contribution in [2.75, 3.05) is 26.8 Å². The van der Waals surface area contributed by atoms with Gasteiger partial charge >= 0.3 is 0 Å². The molecule has 2 aliphatic rings. The van der Waals surface area contributed by atoms with Crippen molar-refractivity contribution >= 4 is 17.9 Å². The highest BCUT2D eigenvalue weighted by atomic mass is 16.5. The van der Waals surface area contributed by atoms with Crippen LogP contribution in [0.2, 0.25) is 0 Å². The van der Waals surface area contributed by atoms with E-state index in [2.05, 4.69) is 5.32 Å². The van der Waals surface area contributed by atoms with Crippen molar-refractivity contribution in [3.8, 4) is 0 Å². The average Bonchev–Trinajstić information content (AvgIpc) is 3.33. The Morgan fingerprint density at radius 3 is 2.58 bits per heavy atom. The maximum absolute atomic E-state index is 12.5. The Morgan fingerprint density at radius 1 is 1.25 bits per heavy atom. The minimum atomic E-state index is -0.111. The van der Waals surface area contributed by atoms with Crippen LogP contribution in [-0.2, 0) is 9.53 Å². The van der Waals surface area contributed by atoms with Gasteiger partial charge in [0.05, 0.1) is 6.61 Å². The third-order valence-corrected chi connectivity index (χ3v) is 4.57. The van der Waals surface area contributed by atoms with Gasteiger partial charge in [-0.1, -0.05) is 12.1 Å². The van der Waals surface area contributed by atoms with Crippen LogP contribution in [0.4, 0.5) is 0 Å². The minimum Gasteiger partial charge on any atom is -0.381 e. The zero-order valence-electron chi connectivity index (χ0n) is 14.0. The van der Waals surface area contributed by atoms with E-state index < -0.39 is 0 Å². The summed E-state index contributed by atoms with van der Waals surface area (Å²) >= 11 is 0. The van der Waals surface area contributed by atoms with E-state index in [0.717, 1.165) is 44.6 Å². The van der Waals surface area contributed by atoms with Crippen LogP contribution in [0.1, 0.15) is 35.2 Å². The van der Waals surface area contributed by atoms with E-state index in [-0.39, 0.29) is 11.8 Å². The van der Waals surface area contributed by atoms with Gasteiger partial charge in [-0.3, -0.25) is 9.59 Å². The Balaban J connectivity index is 1.61. The second kappa shape index (κ2) is 7.62. The van der Waals surface area contributed by atoms with Crippen LogP contribution < -0.4 is 5.32 Å². The maximum atomic E-state index is 12.5. The Morgan fingerprint density at radius 2 is 2.00 bits per heavy atom. The summed E-state index contributed by atoms with van der Waals surface area (Å²) in [6.07, 6.45) is 6.71. The lowest BCUT2D eigenvalue weighted by atomic mass is 10.1. The van der Waals surface area contributed by atoms with Crippen LogP contribution in [0.3, 0.4) is 0 Å². The van der Waals surface area contributed by atoms with Crippen molar-refractivity contribution in [3.05, 3.63) is 41.5 Å². The predicted octanol–water partition coefficient (Wildman–Crippen LogP) is 2.09. The molecule has 1 aliphatic carbocycles. The second-order valence-corrected chi connectivity index (χ2v) is 6.49. The molecule has 1 aromatic carbocycles. The summed E-state index contributed by atoms with van der Waals surface area (Å²) in [5.74, 6) is 0.426. The molecular formula is C19H24N2O3. The number of hydrogen-bond acceptors (Lipinski definition) is 3. The largest absolute Gasteiger partial charge is 0.381 e.